The highest BCUT2D eigenvalue weighted by Gasteiger charge is 2.10. The number of benzene rings is 1. The molecule has 3 nitrogen and oxygen atoms in total. The van der Waals surface area contributed by atoms with Crippen LogP contribution in [0.3, 0.4) is 0 Å². The lowest BCUT2D eigenvalue weighted by Crippen LogP contribution is -2.15. The molecule has 5 heteroatoms. The van der Waals surface area contributed by atoms with E-state index in [1.807, 2.05) is 19.1 Å². The van der Waals surface area contributed by atoms with Crippen molar-refractivity contribution in [1.82, 2.24) is 0 Å². The van der Waals surface area contributed by atoms with Gasteiger partial charge in [0.1, 0.15) is 4.99 Å². The quantitative estimate of drug-likeness (QED) is 0.416. The summed E-state index contributed by atoms with van der Waals surface area (Å²) in [6.07, 6.45) is 0.968. The Kier molecular flexibility index (Phi) is 7.86. The molecule has 0 radical (unpaired) electrons. The van der Waals surface area contributed by atoms with E-state index >= 15 is 0 Å². The summed E-state index contributed by atoms with van der Waals surface area (Å²) < 4.78 is 5.32. The van der Waals surface area contributed by atoms with Crippen LogP contribution in [-0.4, -0.2) is 30.5 Å². The molecule has 0 saturated carbocycles. The molecule has 0 heterocycles. The summed E-state index contributed by atoms with van der Waals surface area (Å²) in [6, 6.07) is 6.12. The Bertz CT molecular complexity index is 410. The molecule has 0 spiro atoms. The molecule has 106 valence electrons. The van der Waals surface area contributed by atoms with Crippen molar-refractivity contribution in [3.05, 3.63) is 23.8 Å². The third-order valence-corrected chi connectivity index (χ3v) is 3.70. The van der Waals surface area contributed by atoms with E-state index in [4.69, 9.17) is 22.7 Å². The highest BCUT2D eigenvalue weighted by molar-refractivity contribution is 7.99. The van der Waals surface area contributed by atoms with Crippen molar-refractivity contribution >= 4 is 34.7 Å². The number of nitrogens with one attached hydrogen (secondary N) is 1. The van der Waals surface area contributed by atoms with Crippen LogP contribution in [0, 0.1) is 0 Å². The maximum absolute atomic E-state index is 5.85. The summed E-state index contributed by atoms with van der Waals surface area (Å²) in [6.45, 7) is 6.52. The summed E-state index contributed by atoms with van der Waals surface area (Å²) in [5.41, 5.74) is 7.83. The largest absolute Gasteiger partial charge is 0.389 e. The van der Waals surface area contributed by atoms with Crippen molar-refractivity contribution in [1.29, 1.82) is 0 Å². The van der Waals surface area contributed by atoms with Gasteiger partial charge in [-0.1, -0.05) is 25.2 Å². The number of rotatable bonds is 9. The highest BCUT2D eigenvalue weighted by Crippen LogP contribution is 2.28. The summed E-state index contributed by atoms with van der Waals surface area (Å²) in [4.78, 5) is 1.59. The summed E-state index contributed by atoms with van der Waals surface area (Å²) in [5.74, 6) is 1.00. The number of thiocarbonyl (C=S) groups is 1. The molecule has 1 aromatic carbocycles. The summed E-state index contributed by atoms with van der Waals surface area (Å²) in [7, 11) is 0. The molecule has 0 amide bonds. The molecular formula is C14H22N2OS2. The number of ether oxygens (including phenoxy) is 1. The number of hydrogen-bond acceptors (Lipinski definition) is 4. The predicted molar refractivity (Wildman–Crippen MR) is 88.3 cm³/mol. The zero-order valence-corrected chi connectivity index (χ0v) is 13.2. The van der Waals surface area contributed by atoms with Crippen LogP contribution >= 0.6 is 24.0 Å². The third-order valence-electron chi connectivity index (χ3n) is 2.56. The lowest BCUT2D eigenvalue weighted by atomic mass is 10.1. The van der Waals surface area contributed by atoms with Gasteiger partial charge in [0.2, 0.25) is 0 Å². The van der Waals surface area contributed by atoms with Crippen molar-refractivity contribution in [3.63, 3.8) is 0 Å². The van der Waals surface area contributed by atoms with E-state index in [1.54, 1.807) is 11.8 Å². The molecule has 1 aromatic rings. The fourth-order valence-corrected chi connectivity index (χ4v) is 2.88. The number of hydrogen-bond donors (Lipinski definition) is 2. The van der Waals surface area contributed by atoms with Gasteiger partial charge in [0.25, 0.3) is 0 Å². The van der Waals surface area contributed by atoms with Crippen molar-refractivity contribution < 1.29 is 4.74 Å². The molecule has 0 aromatic heterocycles. The first-order valence-corrected chi connectivity index (χ1v) is 7.97. The topological polar surface area (TPSA) is 47.3 Å². The molecule has 0 aliphatic heterocycles. The lowest BCUT2D eigenvalue weighted by Gasteiger charge is -2.14. The van der Waals surface area contributed by atoms with Crippen LogP contribution in [0.4, 0.5) is 5.69 Å². The Morgan fingerprint density at radius 2 is 2.21 bits per heavy atom. The molecule has 0 aliphatic carbocycles. The minimum absolute atomic E-state index is 0.448. The number of nitrogens with two attached hydrogens (primary N) is 1. The molecule has 0 saturated heterocycles. The van der Waals surface area contributed by atoms with Gasteiger partial charge in [0, 0.05) is 35.9 Å². The van der Waals surface area contributed by atoms with Crippen LogP contribution in [0.25, 0.3) is 0 Å². The average molecular weight is 298 g/mol. The molecule has 3 N–H and O–H groups in total. The van der Waals surface area contributed by atoms with Crippen molar-refractivity contribution in [2.45, 2.75) is 25.2 Å². The van der Waals surface area contributed by atoms with E-state index < -0.39 is 0 Å². The van der Waals surface area contributed by atoms with Crippen LogP contribution in [0.15, 0.2) is 23.1 Å². The van der Waals surface area contributed by atoms with Gasteiger partial charge >= 0.3 is 0 Å². The van der Waals surface area contributed by atoms with Crippen molar-refractivity contribution in [3.8, 4) is 0 Å². The second-order valence-electron chi connectivity index (χ2n) is 3.95. The maximum Gasteiger partial charge on any atom is 0.107 e. The van der Waals surface area contributed by atoms with Gasteiger partial charge in [0.05, 0.1) is 0 Å². The number of anilines is 1. The summed E-state index contributed by atoms with van der Waals surface area (Å²) in [5, 5.41) is 3.39. The zero-order valence-electron chi connectivity index (χ0n) is 11.6. The van der Waals surface area contributed by atoms with Crippen LogP contribution in [0.5, 0.6) is 0 Å². The Morgan fingerprint density at radius 1 is 1.42 bits per heavy atom. The molecule has 0 aliphatic rings. The Hall–Kier alpha value is -0.780. The highest BCUT2D eigenvalue weighted by atomic mass is 32.2. The van der Waals surface area contributed by atoms with Crippen LogP contribution in [0.2, 0.25) is 0 Å². The monoisotopic (exact) mass is 298 g/mol. The summed E-state index contributed by atoms with van der Waals surface area (Å²) >= 11 is 6.93. The second kappa shape index (κ2) is 9.18. The molecular weight excluding hydrogens is 276 g/mol. The fourth-order valence-electron chi connectivity index (χ4n) is 1.75. The number of thioether (sulfide) groups is 1. The van der Waals surface area contributed by atoms with Gasteiger partial charge in [-0.15, -0.1) is 11.8 Å². The predicted octanol–water partition coefficient (Wildman–Crippen LogP) is 3.27. The molecule has 0 unspecified atom stereocenters. The van der Waals surface area contributed by atoms with Gasteiger partial charge < -0.3 is 15.8 Å². The molecule has 1 rings (SSSR count). The smallest absolute Gasteiger partial charge is 0.107 e. The van der Waals surface area contributed by atoms with E-state index in [2.05, 4.69) is 18.3 Å². The van der Waals surface area contributed by atoms with Crippen molar-refractivity contribution in [2.24, 2.45) is 5.73 Å². The first-order valence-electron chi connectivity index (χ1n) is 6.57. The van der Waals surface area contributed by atoms with Crippen LogP contribution < -0.4 is 11.1 Å². The second-order valence-corrected chi connectivity index (χ2v) is 5.70. The SMILES string of the molecule is CCOCCCNc1cccc(SCC)c1C(N)=S. The maximum atomic E-state index is 5.85. The Labute approximate surface area is 125 Å². The first kappa shape index (κ1) is 16.3. The van der Waals surface area contributed by atoms with E-state index in [0.29, 0.717) is 4.99 Å². The van der Waals surface area contributed by atoms with Crippen molar-refractivity contribution in [2.75, 3.05) is 30.8 Å². The first-order chi connectivity index (χ1) is 9.20. The van der Waals surface area contributed by atoms with Gasteiger partial charge in [-0.3, -0.25) is 0 Å². The van der Waals surface area contributed by atoms with Gasteiger partial charge in [-0.25, -0.2) is 0 Å². The van der Waals surface area contributed by atoms with E-state index in [1.165, 1.54) is 0 Å². The van der Waals surface area contributed by atoms with E-state index in [-0.39, 0.29) is 0 Å². The van der Waals surface area contributed by atoms with E-state index in [0.717, 1.165) is 48.1 Å². The van der Waals surface area contributed by atoms with Crippen LogP contribution in [-0.2, 0) is 4.74 Å². The molecule has 19 heavy (non-hydrogen) atoms. The zero-order chi connectivity index (χ0) is 14.1. The minimum atomic E-state index is 0.448. The Balaban J connectivity index is 2.70. The van der Waals surface area contributed by atoms with Gasteiger partial charge in [0.15, 0.2) is 0 Å². The fraction of sp³-hybridized carbons (Fsp3) is 0.500. The molecule has 0 atom stereocenters. The molecule has 0 fully saturated rings. The minimum Gasteiger partial charge on any atom is -0.389 e. The Morgan fingerprint density at radius 3 is 2.84 bits per heavy atom. The molecule has 0 bridgehead atoms. The normalized spacial score (nSPS) is 10.4. The van der Waals surface area contributed by atoms with Crippen LogP contribution in [0.1, 0.15) is 25.8 Å². The van der Waals surface area contributed by atoms with Gasteiger partial charge in [-0.2, -0.15) is 0 Å². The van der Waals surface area contributed by atoms with E-state index in [9.17, 15) is 0 Å². The standard InChI is InChI=1S/C14H22N2OS2/c1-3-17-10-6-9-16-11-7-5-8-12(19-4-2)13(11)14(15)18/h5,7-8,16H,3-4,6,9-10H2,1-2H3,(H2,15,18). The van der Waals surface area contributed by atoms with Gasteiger partial charge in [-0.05, 0) is 31.2 Å². The lowest BCUT2D eigenvalue weighted by molar-refractivity contribution is 0.147. The average Bonchev–Trinajstić information content (AvgIpc) is 2.38. The third kappa shape index (κ3) is 5.38.